The Bertz CT molecular complexity index is 139. The third-order valence-corrected chi connectivity index (χ3v) is 3.07. The van der Waals surface area contributed by atoms with Gasteiger partial charge in [-0.25, -0.2) is 0 Å². The van der Waals surface area contributed by atoms with Crippen LogP contribution in [0.15, 0.2) is 0 Å². The lowest BCUT2D eigenvalue weighted by atomic mass is 10.0. The summed E-state index contributed by atoms with van der Waals surface area (Å²) in [6, 6.07) is 0.884. The Morgan fingerprint density at radius 2 is 2.08 bits per heavy atom. The summed E-state index contributed by atoms with van der Waals surface area (Å²) in [5, 5.41) is 3.55. The molecule has 0 amide bonds. The Kier molecular flexibility index (Phi) is 3.62. The van der Waals surface area contributed by atoms with Gasteiger partial charge in [-0.1, -0.05) is 6.42 Å². The predicted molar refractivity (Wildman–Crippen MR) is 53.8 cm³/mol. The van der Waals surface area contributed by atoms with Crippen LogP contribution >= 0.6 is 0 Å². The SMILES string of the molecule is C(CCC1CCOC1)CNC1CC1. The molecule has 0 spiro atoms. The topological polar surface area (TPSA) is 21.3 Å². The van der Waals surface area contributed by atoms with E-state index in [0.29, 0.717) is 0 Å². The Morgan fingerprint density at radius 1 is 1.15 bits per heavy atom. The molecule has 1 unspecified atom stereocenters. The summed E-state index contributed by atoms with van der Waals surface area (Å²) < 4.78 is 5.35. The number of ether oxygens (including phenoxy) is 1. The van der Waals surface area contributed by atoms with Gasteiger partial charge < -0.3 is 10.1 Å². The van der Waals surface area contributed by atoms with Crippen molar-refractivity contribution < 1.29 is 4.74 Å². The van der Waals surface area contributed by atoms with Crippen LogP contribution in [0.1, 0.15) is 38.5 Å². The van der Waals surface area contributed by atoms with Crippen molar-refractivity contribution in [2.45, 2.75) is 44.6 Å². The molecule has 0 bridgehead atoms. The lowest BCUT2D eigenvalue weighted by Gasteiger charge is -2.06. The number of hydrogen-bond donors (Lipinski definition) is 1. The van der Waals surface area contributed by atoms with Crippen LogP contribution in [0.25, 0.3) is 0 Å². The largest absolute Gasteiger partial charge is 0.381 e. The van der Waals surface area contributed by atoms with Crippen LogP contribution in [0.4, 0.5) is 0 Å². The zero-order chi connectivity index (χ0) is 8.93. The molecule has 0 aromatic rings. The molecule has 2 heteroatoms. The number of hydrogen-bond acceptors (Lipinski definition) is 2. The second-order valence-corrected chi connectivity index (χ2v) is 4.45. The zero-order valence-corrected chi connectivity index (χ0v) is 8.43. The summed E-state index contributed by atoms with van der Waals surface area (Å²) >= 11 is 0. The first-order chi connectivity index (χ1) is 6.45. The van der Waals surface area contributed by atoms with Crippen LogP contribution in [-0.4, -0.2) is 25.8 Å². The Morgan fingerprint density at radius 3 is 2.77 bits per heavy atom. The van der Waals surface area contributed by atoms with Gasteiger partial charge in [0, 0.05) is 19.3 Å². The van der Waals surface area contributed by atoms with Crippen molar-refractivity contribution in [1.82, 2.24) is 5.32 Å². The van der Waals surface area contributed by atoms with Crippen LogP contribution in [0, 0.1) is 5.92 Å². The molecule has 13 heavy (non-hydrogen) atoms. The van der Waals surface area contributed by atoms with Crippen LogP contribution in [-0.2, 0) is 4.74 Å². The van der Waals surface area contributed by atoms with E-state index in [1.54, 1.807) is 0 Å². The molecular weight excluding hydrogens is 162 g/mol. The molecule has 2 aliphatic rings. The normalized spacial score (nSPS) is 28.2. The van der Waals surface area contributed by atoms with Gasteiger partial charge in [-0.15, -0.1) is 0 Å². The quantitative estimate of drug-likeness (QED) is 0.635. The van der Waals surface area contributed by atoms with Gasteiger partial charge in [0.15, 0.2) is 0 Å². The highest BCUT2D eigenvalue weighted by Gasteiger charge is 2.19. The second kappa shape index (κ2) is 4.97. The summed E-state index contributed by atoms with van der Waals surface area (Å²) in [4.78, 5) is 0. The van der Waals surface area contributed by atoms with E-state index < -0.39 is 0 Å². The van der Waals surface area contributed by atoms with Crippen LogP contribution in [0.2, 0.25) is 0 Å². The van der Waals surface area contributed by atoms with Crippen molar-refractivity contribution in [2.75, 3.05) is 19.8 Å². The molecule has 1 N–H and O–H groups in total. The summed E-state index contributed by atoms with van der Waals surface area (Å²) in [5.74, 6) is 0.876. The average Bonchev–Trinajstić information content (AvgIpc) is 2.81. The van der Waals surface area contributed by atoms with E-state index in [0.717, 1.165) is 25.2 Å². The van der Waals surface area contributed by atoms with Crippen molar-refractivity contribution in [3.05, 3.63) is 0 Å². The maximum atomic E-state index is 5.35. The molecule has 1 atom stereocenters. The van der Waals surface area contributed by atoms with E-state index in [4.69, 9.17) is 4.74 Å². The minimum atomic E-state index is 0.876. The molecule has 76 valence electrons. The van der Waals surface area contributed by atoms with Gasteiger partial charge >= 0.3 is 0 Å². The zero-order valence-electron chi connectivity index (χ0n) is 8.43. The molecule has 0 aromatic carbocycles. The van der Waals surface area contributed by atoms with E-state index in [1.165, 1.54) is 45.1 Å². The predicted octanol–water partition coefficient (Wildman–Crippen LogP) is 1.95. The molecule has 1 saturated heterocycles. The van der Waals surface area contributed by atoms with Crippen LogP contribution in [0.3, 0.4) is 0 Å². The van der Waals surface area contributed by atoms with Crippen molar-refractivity contribution in [3.63, 3.8) is 0 Å². The van der Waals surface area contributed by atoms with Crippen molar-refractivity contribution in [1.29, 1.82) is 0 Å². The molecule has 2 nitrogen and oxygen atoms in total. The first kappa shape index (κ1) is 9.47. The molecule has 0 aromatic heterocycles. The maximum Gasteiger partial charge on any atom is 0.0495 e. The van der Waals surface area contributed by atoms with Crippen LogP contribution < -0.4 is 5.32 Å². The molecule has 2 fully saturated rings. The van der Waals surface area contributed by atoms with Crippen molar-refractivity contribution >= 4 is 0 Å². The number of unbranched alkanes of at least 4 members (excludes halogenated alkanes) is 1. The maximum absolute atomic E-state index is 5.35. The summed E-state index contributed by atoms with van der Waals surface area (Å²) in [6.07, 6.45) is 8.25. The Balaban J connectivity index is 1.39. The third kappa shape index (κ3) is 3.65. The molecule has 1 heterocycles. The highest BCUT2D eigenvalue weighted by atomic mass is 16.5. The fourth-order valence-electron chi connectivity index (χ4n) is 1.96. The molecule has 1 saturated carbocycles. The van der Waals surface area contributed by atoms with Crippen molar-refractivity contribution in [3.8, 4) is 0 Å². The molecule has 1 aliphatic heterocycles. The fourth-order valence-corrected chi connectivity index (χ4v) is 1.96. The highest BCUT2D eigenvalue weighted by Crippen LogP contribution is 2.20. The highest BCUT2D eigenvalue weighted by molar-refractivity contribution is 4.80. The van der Waals surface area contributed by atoms with Gasteiger partial charge in [-0.3, -0.25) is 0 Å². The smallest absolute Gasteiger partial charge is 0.0495 e. The molecule has 1 aliphatic carbocycles. The lowest BCUT2D eigenvalue weighted by Crippen LogP contribution is -2.17. The van der Waals surface area contributed by atoms with E-state index in [2.05, 4.69) is 5.32 Å². The van der Waals surface area contributed by atoms with Crippen molar-refractivity contribution in [2.24, 2.45) is 5.92 Å². The first-order valence-corrected chi connectivity index (χ1v) is 5.76. The van der Waals surface area contributed by atoms with Gasteiger partial charge in [0.05, 0.1) is 0 Å². The molecular formula is C11H21NO. The van der Waals surface area contributed by atoms with E-state index in [9.17, 15) is 0 Å². The van der Waals surface area contributed by atoms with Gasteiger partial charge in [0.25, 0.3) is 0 Å². The fraction of sp³-hybridized carbons (Fsp3) is 1.00. The van der Waals surface area contributed by atoms with Crippen LogP contribution in [0.5, 0.6) is 0 Å². The molecule has 2 rings (SSSR count). The van der Waals surface area contributed by atoms with Gasteiger partial charge in [-0.05, 0) is 44.6 Å². The lowest BCUT2D eigenvalue weighted by molar-refractivity contribution is 0.183. The van der Waals surface area contributed by atoms with E-state index >= 15 is 0 Å². The number of rotatable bonds is 6. The second-order valence-electron chi connectivity index (χ2n) is 4.45. The minimum Gasteiger partial charge on any atom is -0.381 e. The van der Waals surface area contributed by atoms with Gasteiger partial charge in [0.2, 0.25) is 0 Å². The summed E-state index contributed by atoms with van der Waals surface area (Å²) in [5.41, 5.74) is 0. The Labute approximate surface area is 81.0 Å². The van der Waals surface area contributed by atoms with Gasteiger partial charge in [0.1, 0.15) is 0 Å². The first-order valence-electron chi connectivity index (χ1n) is 5.76. The third-order valence-electron chi connectivity index (χ3n) is 3.07. The Hall–Kier alpha value is -0.0800. The summed E-state index contributed by atoms with van der Waals surface area (Å²) in [7, 11) is 0. The minimum absolute atomic E-state index is 0.876. The van der Waals surface area contributed by atoms with Gasteiger partial charge in [-0.2, -0.15) is 0 Å². The van der Waals surface area contributed by atoms with E-state index in [1.807, 2.05) is 0 Å². The molecule has 0 radical (unpaired) electrons. The number of nitrogens with one attached hydrogen (secondary N) is 1. The standard InChI is InChI=1S/C11H21NO/c1(2-7-12-11-4-5-11)3-10-6-8-13-9-10/h10-12H,1-9H2. The van der Waals surface area contributed by atoms with E-state index in [-0.39, 0.29) is 0 Å². The summed E-state index contributed by atoms with van der Waals surface area (Å²) in [6.45, 7) is 3.26. The monoisotopic (exact) mass is 183 g/mol. The average molecular weight is 183 g/mol.